The number of anilines is 2. The van der Waals surface area contributed by atoms with Gasteiger partial charge in [-0.25, -0.2) is 15.8 Å². The Morgan fingerprint density at radius 2 is 1.67 bits per heavy atom. The van der Waals surface area contributed by atoms with Gasteiger partial charge in [0.1, 0.15) is 11.6 Å². The molecule has 0 fully saturated rings. The van der Waals surface area contributed by atoms with Crippen LogP contribution in [0.15, 0.2) is 36.4 Å². The number of hydrogen-bond acceptors (Lipinski definition) is 5. The lowest BCUT2D eigenvalue weighted by Gasteiger charge is -2.29. The molecule has 1 aromatic heterocycles. The van der Waals surface area contributed by atoms with Gasteiger partial charge in [0.25, 0.3) is 0 Å². The first kappa shape index (κ1) is 15.3. The van der Waals surface area contributed by atoms with Gasteiger partial charge in [-0.2, -0.15) is 0 Å². The molecule has 0 aliphatic rings. The van der Waals surface area contributed by atoms with Crippen LogP contribution < -0.4 is 16.6 Å². The number of aromatic nitrogens is 2. The van der Waals surface area contributed by atoms with Gasteiger partial charge in [-0.05, 0) is 19.8 Å². The monoisotopic (exact) mass is 285 g/mol. The average molecular weight is 285 g/mol. The highest BCUT2D eigenvalue weighted by molar-refractivity contribution is 5.61. The Hall–Kier alpha value is -2.14. The van der Waals surface area contributed by atoms with Crippen molar-refractivity contribution in [1.29, 1.82) is 0 Å². The van der Waals surface area contributed by atoms with Gasteiger partial charge in [-0.1, -0.05) is 44.2 Å². The quantitative estimate of drug-likeness (QED) is 0.560. The third kappa shape index (κ3) is 3.70. The standard InChI is InChI=1S/C16H23N5/c1-4-16(3,5-2)20-13-11-14(21-17)19-15(18-13)12-9-7-6-8-10-12/h6-11H,4-5,17H2,1-3H3,(H2,18,19,20,21). The molecule has 0 aliphatic carbocycles. The molecule has 0 spiro atoms. The van der Waals surface area contributed by atoms with Gasteiger partial charge in [-0.3, -0.25) is 0 Å². The predicted octanol–water partition coefficient (Wildman–Crippen LogP) is 3.42. The second kappa shape index (κ2) is 6.54. The van der Waals surface area contributed by atoms with Crippen LogP contribution in [-0.4, -0.2) is 15.5 Å². The van der Waals surface area contributed by atoms with Gasteiger partial charge in [0.15, 0.2) is 5.82 Å². The third-order valence-electron chi connectivity index (χ3n) is 3.90. The molecular formula is C16H23N5. The Labute approximate surface area is 126 Å². The van der Waals surface area contributed by atoms with Crippen molar-refractivity contribution in [2.24, 2.45) is 5.84 Å². The number of rotatable bonds is 6. The van der Waals surface area contributed by atoms with Crippen LogP contribution in [0.4, 0.5) is 11.6 Å². The molecule has 5 nitrogen and oxygen atoms in total. The van der Waals surface area contributed by atoms with E-state index in [4.69, 9.17) is 5.84 Å². The van der Waals surface area contributed by atoms with Crippen LogP contribution in [0.5, 0.6) is 0 Å². The van der Waals surface area contributed by atoms with E-state index in [9.17, 15) is 0 Å². The Morgan fingerprint density at radius 1 is 1.05 bits per heavy atom. The highest BCUT2D eigenvalue weighted by atomic mass is 15.3. The molecule has 0 bridgehead atoms. The molecule has 0 amide bonds. The summed E-state index contributed by atoms with van der Waals surface area (Å²) in [6.45, 7) is 6.52. The molecule has 4 N–H and O–H groups in total. The molecular weight excluding hydrogens is 262 g/mol. The summed E-state index contributed by atoms with van der Waals surface area (Å²) in [5, 5.41) is 3.49. The predicted molar refractivity (Wildman–Crippen MR) is 87.9 cm³/mol. The minimum absolute atomic E-state index is 0.00811. The van der Waals surface area contributed by atoms with E-state index in [2.05, 4.69) is 41.5 Å². The molecule has 1 heterocycles. The van der Waals surface area contributed by atoms with Crippen LogP contribution in [0, 0.1) is 0 Å². The van der Waals surface area contributed by atoms with Gasteiger partial charge >= 0.3 is 0 Å². The van der Waals surface area contributed by atoms with Crippen LogP contribution in [0.1, 0.15) is 33.6 Å². The van der Waals surface area contributed by atoms with E-state index in [1.807, 2.05) is 36.4 Å². The van der Waals surface area contributed by atoms with Gasteiger partial charge in [0.05, 0.1) is 0 Å². The van der Waals surface area contributed by atoms with Crippen molar-refractivity contribution in [3.8, 4) is 11.4 Å². The second-order valence-corrected chi connectivity index (χ2v) is 5.37. The number of benzene rings is 1. The van der Waals surface area contributed by atoms with Gasteiger partial charge in [0, 0.05) is 17.2 Å². The molecule has 0 atom stereocenters. The smallest absolute Gasteiger partial charge is 0.163 e. The summed E-state index contributed by atoms with van der Waals surface area (Å²) in [6, 6.07) is 11.7. The lowest BCUT2D eigenvalue weighted by molar-refractivity contribution is 0.477. The van der Waals surface area contributed by atoms with Crippen molar-refractivity contribution in [1.82, 2.24) is 9.97 Å². The first-order valence-corrected chi connectivity index (χ1v) is 7.29. The summed E-state index contributed by atoms with van der Waals surface area (Å²) in [5.41, 5.74) is 3.58. The van der Waals surface area contributed by atoms with Gasteiger partial charge in [-0.15, -0.1) is 0 Å². The van der Waals surface area contributed by atoms with Crippen LogP contribution in [0.3, 0.4) is 0 Å². The molecule has 0 saturated heterocycles. The molecule has 2 aromatic rings. The molecule has 0 saturated carbocycles. The number of nitrogen functional groups attached to an aromatic ring is 1. The topological polar surface area (TPSA) is 75.9 Å². The molecule has 21 heavy (non-hydrogen) atoms. The molecule has 0 unspecified atom stereocenters. The molecule has 112 valence electrons. The minimum atomic E-state index is 0.00811. The first-order chi connectivity index (χ1) is 10.1. The normalized spacial score (nSPS) is 11.2. The van der Waals surface area contributed by atoms with Gasteiger partial charge in [0.2, 0.25) is 0 Å². The van der Waals surface area contributed by atoms with E-state index < -0.39 is 0 Å². The largest absolute Gasteiger partial charge is 0.365 e. The number of nitrogens with one attached hydrogen (secondary N) is 2. The summed E-state index contributed by atoms with van der Waals surface area (Å²) in [7, 11) is 0. The Morgan fingerprint density at radius 3 is 2.24 bits per heavy atom. The number of nitrogens with two attached hydrogens (primary N) is 1. The fourth-order valence-electron chi connectivity index (χ4n) is 2.04. The van der Waals surface area contributed by atoms with Crippen molar-refractivity contribution in [2.45, 2.75) is 39.2 Å². The first-order valence-electron chi connectivity index (χ1n) is 7.29. The fraction of sp³-hybridized carbons (Fsp3) is 0.375. The summed E-state index contributed by atoms with van der Waals surface area (Å²) in [5.74, 6) is 7.56. The summed E-state index contributed by atoms with van der Waals surface area (Å²) in [6.07, 6.45) is 2.03. The molecule has 0 radical (unpaired) electrons. The molecule has 0 aliphatic heterocycles. The van der Waals surface area contributed by atoms with E-state index in [0.29, 0.717) is 11.6 Å². The van der Waals surface area contributed by atoms with Crippen LogP contribution >= 0.6 is 0 Å². The van der Waals surface area contributed by atoms with E-state index in [0.717, 1.165) is 24.2 Å². The van der Waals surface area contributed by atoms with Crippen LogP contribution in [0.2, 0.25) is 0 Å². The van der Waals surface area contributed by atoms with E-state index >= 15 is 0 Å². The Bertz CT molecular complexity index is 578. The third-order valence-corrected chi connectivity index (χ3v) is 3.90. The minimum Gasteiger partial charge on any atom is -0.365 e. The Kier molecular flexibility index (Phi) is 4.75. The SMILES string of the molecule is CCC(C)(CC)Nc1cc(NN)nc(-c2ccccc2)n1. The van der Waals surface area contributed by atoms with E-state index in [-0.39, 0.29) is 5.54 Å². The number of hydrazine groups is 1. The molecule has 2 rings (SSSR count). The zero-order valence-electron chi connectivity index (χ0n) is 12.9. The molecule has 1 aromatic carbocycles. The fourth-order valence-corrected chi connectivity index (χ4v) is 2.04. The maximum Gasteiger partial charge on any atom is 0.163 e. The van der Waals surface area contributed by atoms with Crippen LogP contribution in [-0.2, 0) is 0 Å². The zero-order chi connectivity index (χ0) is 15.3. The second-order valence-electron chi connectivity index (χ2n) is 5.37. The average Bonchev–Trinajstić information content (AvgIpc) is 2.55. The number of nitrogens with zero attached hydrogens (tertiary/aromatic N) is 2. The lowest BCUT2D eigenvalue weighted by atomic mass is 9.96. The van der Waals surface area contributed by atoms with Crippen LogP contribution in [0.25, 0.3) is 11.4 Å². The van der Waals surface area contributed by atoms with E-state index in [1.165, 1.54) is 0 Å². The van der Waals surface area contributed by atoms with Crippen molar-refractivity contribution < 1.29 is 0 Å². The summed E-state index contributed by atoms with van der Waals surface area (Å²) < 4.78 is 0. The van der Waals surface area contributed by atoms with Crippen molar-refractivity contribution >= 4 is 11.6 Å². The molecule has 5 heteroatoms. The van der Waals surface area contributed by atoms with E-state index in [1.54, 1.807) is 0 Å². The zero-order valence-corrected chi connectivity index (χ0v) is 12.9. The highest BCUT2D eigenvalue weighted by Crippen LogP contribution is 2.24. The summed E-state index contributed by atoms with van der Waals surface area (Å²) in [4.78, 5) is 9.03. The number of hydrogen-bond donors (Lipinski definition) is 3. The maximum atomic E-state index is 5.53. The van der Waals surface area contributed by atoms with Crippen molar-refractivity contribution in [2.75, 3.05) is 10.7 Å². The van der Waals surface area contributed by atoms with Crippen molar-refractivity contribution in [3.05, 3.63) is 36.4 Å². The maximum absolute atomic E-state index is 5.53. The summed E-state index contributed by atoms with van der Waals surface area (Å²) >= 11 is 0. The lowest BCUT2D eigenvalue weighted by Crippen LogP contribution is -2.33. The highest BCUT2D eigenvalue weighted by Gasteiger charge is 2.20. The van der Waals surface area contributed by atoms with Crippen molar-refractivity contribution in [3.63, 3.8) is 0 Å². The Balaban J connectivity index is 2.39. The van der Waals surface area contributed by atoms with Gasteiger partial charge < -0.3 is 10.7 Å².